The summed E-state index contributed by atoms with van der Waals surface area (Å²) in [5.41, 5.74) is 3.61. The van der Waals surface area contributed by atoms with E-state index < -0.39 is 0 Å². The maximum absolute atomic E-state index is 5.07. The average molecular weight is 550 g/mol. The first-order valence-electron chi connectivity index (χ1n) is 11.0. The van der Waals surface area contributed by atoms with Gasteiger partial charge >= 0.3 is 0 Å². The number of hydrogen-bond acceptors (Lipinski definition) is 4. The molecule has 7 heteroatoms. The quantitative estimate of drug-likeness (QED) is 0.216. The van der Waals surface area contributed by atoms with Crippen LogP contribution >= 0.6 is 24.0 Å². The summed E-state index contributed by atoms with van der Waals surface area (Å²) in [5, 5.41) is 6.85. The van der Waals surface area contributed by atoms with E-state index in [1.54, 1.807) is 7.11 Å². The minimum atomic E-state index is 0. The molecule has 0 aliphatic carbocycles. The van der Waals surface area contributed by atoms with E-state index in [-0.39, 0.29) is 24.0 Å². The van der Waals surface area contributed by atoms with Gasteiger partial charge in [-0.3, -0.25) is 9.89 Å². The van der Waals surface area contributed by atoms with Crippen LogP contribution in [0.25, 0.3) is 6.08 Å². The average Bonchev–Trinajstić information content (AvgIpc) is 2.82. The monoisotopic (exact) mass is 549 g/mol. The second-order valence-electron chi connectivity index (χ2n) is 7.62. The minimum Gasteiger partial charge on any atom is -0.383 e. The fourth-order valence-corrected chi connectivity index (χ4v) is 3.60. The molecule has 1 heterocycles. The molecular weight excluding hydrogens is 513 g/mol. The number of ether oxygens (including phenoxy) is 1. The third kappa shape index (κ3) is 8.80. The van der Waals surface area contributed by atoms with Gasteiger partial charge in [-0.25, -0.2) is 0 Å². The molecule has 32 heavy (non-hydrogen) atoms. The first-order valence-corrected chi connectivity index (χ1v) is 11.0. The lowest BCUT2D eigenvalue weighted by atomic mass is 10.2. The van der Waals surface area contributed by atoms with Gasteiger partial charge in [-0.15, -0.1) is 24.0 Å². The highest BCUT2D eigenvalue weighted by atomic mass is 127. The highest BCUT2D eigenvalue weighted by Gasteiger charge is 2.18. The summed E-state index contributed by atoms with van der Waals surface area (Å²) in [5.74, 6) is 0.974. The van der Waals surface area contributed by atoms with Crippen molar-refractivity contribution in [1.82, 2.24) is 15.1 Å². The maximum Gasteiger partial charge on any atom is 0.194 e. The van der Waals surface area contributed by atoms with Crippen LogP contribution in [0.5, 0.6) is 0 Å². The van der Waals surface area contributed by atoms with Crippen molar-refractivity contribution in [1.29, 1.82) is 0 Å². The Labute approximate surface area is 209 Å². The summed E-state index contributed by atoms with van der Waals surface area (Å²) in [6.07, 6.45) is 4.46. The van der Waals surface area contributed by atoms with Gasteiger partial charge in [0.15, 0.2) is 5.96 Å². The van der Waals surface area contributed by atoms with Crippen LogP contribution in [0.3, 0.4) is 0 Å². The maximum atomic E-state index is 5.07. The van der Waals surface area contributed by atoms with Crippen molar-refractivity contribution in [2.45, 2.75) is 6.54 Å². The predicted molar refractivity (Wildman–Crippen MR) is 146 cm³/mol. The fourth-order valence-electron chi connectivity index (χ4n) is 3.60. The van der Waals surface area contributed by atoms with E-state index in [1.165, 1.54) is 11.1 Å². The van der Waals surface area contributed by atoms with Crippen molar-refractivity contribution in [3.05, 3.63) is 71.8 Å². The van der Waals surface area contributed by atoms with Gasteiger partial charge in [0.05, 0.1) is 6.61 Å². The molecule has 1 aliphatic heterocycles. The largest absolute Gasteiger partial charge is 0.383 e. The zero-order valence-electron chi connectivity index (χ0n) is 19.2. The molecule has 0 radical (unpaired) electrons. The van der Waals surface area contributed by atoms with E-state index in [1.807, 2.05) is 13.1 Å². The molecular formula is C25H36IN5O. The van der Waals surface area contributed by atoms with E-state index >= 15 is 0 Å². The molecule has 0 spiro atoms. The zero-order valence-corrected chi connectivity index (χ0v) is 21.5. The van der Waals surface area contributed by atoms with Crippen LogP contribution in [-0.2, 0) is 11.3 Å². The number of piperazine rings is 1. The number of nitrogens with zero attached hydrogens (tertiary/aromatic N) is 3. The summed E-state index contributed by atoms with van der Waals surface area (Å²) >= 11 is 0. The van der Waals surface area contributed by atoms with Gasteiger partial charge in [-0.05, 0) is 23.3 Å². The molecule has 1 saturated heterocycles. The number of guanidine groups is 1. The van der Waals surface area contributed by atoms with E-state index in [9.17, 15) is 0 Å². The smallest absolute Gasteiger partial charge is 0.194 e. The van der Waals surface area contributed by atoms with Crippen LogP contribution in [0.1, 0.15) is 11.1 Å². The molecule has 0 unspecified atom stereocenters. The van der Waals surface area contributed by atoms with Gasteiger partial charge in [-0.2, -0.15) is 0 Å². The van der Waals surface area contributed by atoms with Crippen LogP contribution in [0.2, 0.25) is 0 Å². The summed E-state index contributed by atoms with van der Waals surface area (Å²) < 4.78 is 5.07. The van der Waals surface area contributed by atoms with Gasteiger partial charge in [0, 0.05) is 65.7 Å². The van der Waals surface area contributed by atoms with Gasteiger partial charge in [0.2, 0.25) is 0 Å². The molecule has 0 bridgehead atoms. The molecule has 6 nitrogen and oxygen atoms in total. The normalized spacial score (nSPS) is 14.9. The predicted octanol–water partition coefficient (Wildman–Crippen LogP) is 3.77. The second kappa shape index (κ2) is 14.9. The number of methoxy groups -OCH3 is 1. The van der Waals surface area contributed by atoms with Crippen LogP contribution in [0.4, 0.5) is 5.69 Å². The topological polar surface area (TPSA) is 52.1 Å². The minimum absolute atomic E-state index is 0. The number of rotatable bonds is 9. The van der Waals surface area contributed by atoms with Crippen molar-refractivity contribution in [2.24, 2.45) is 4.99 Å². The summed E-state index contributed by atoms with van der Waals surface area (Å²) in [4.78, 5) is 9.32. The first kappa shape index (κ1) is 26.2. The summed E-state index contributed by atoms with van der Waals surface area (Å²) in [6, 6.07) is 19.0. The number of hydrogen-bond donors (Lipinski definition) is 2. The number of nitrogens with one attached hydrogen (secondary N) is 2. The Morgan fingerprint density at radius 2 is 1.75 bits per heavy atom. The molecule has 2 N–H and O–H groups in total. The second-order valence-corrected chi connectivity index (χ2v) is 7.62. The van der Waals surface area contributed by atoms with Crippen molar-refractivity contribution in [3.8, 4) is 0 Å². The van der Waals surface area contributed by atoms with Crippen molar-refractivity contribution in [3.63, 3.8) is 0 Å². The third-order valence-electron chi connectivity index (χ3n) is 5.40. The molecule has 2 aromatic rings. The lowest BCUT2D eigenvalue weighted by Gasteiger charge is -2.36. The fraction of sp³-hybridized carbons (Fsp3) is 0.400. The van der Waals surface area contributed by atoms with Crippen LogP contribution in [-0.4, -0.2) is 75.8 Å². The SMILES string of the molecule is CN=C(NCc1ccc(NCCOC)cc1)N1CCN(C/C=C/c2ccccc2)CC1.I. The lowest BCUT2D eigenvalue weighted by Crippen LogP contribution is -2.52. The highest BCUT2D eigenvalue weighted by Crippen LogP contribution is 2.10. The van der Waals surface area contributed by atoms with E-state index in [0.717, 1.165) is 57.5 Å². The molecule has 0 amide bonds. The first-order chi connectivity index (χ1) is 15.3. The van der Waals surface area contributed by atoms with Crippen LogP contribution in [0, 0.1) is 0 Å². The van der Waals surface area contributed by atoms with Crippen molar-refractivity contribution < 1.29 is 4.74 Å². The highest BCUT2D eigenvalue weighted by molar-refractivity contribution is 14.0. The Morgan fingerprint density at radius 3 is 2.41 bits per heavy atom. The molecule has 0 saturated carbocycles. The lowest BCUT2D eigenvalue weighted by molar-refractivity contribution is 0.194. The Balaban J connectivity index is 0.00000363. The number of anilines is 1. The van der Waals surface area contributed by atoms with Crippen LogP contribution < -0.4 is 10.6 Å². The summed E-state index contributed by atoms with van der Waals surface area (Å²) in [7, 11) is 3.58. The third-order valence-corrected chi connectivity index (χ3v) is 5.40. The van der Waals surface area contributed by atoms with Crippen molar-refractivity contribution >= 4 is 41.7 Å². The zero-order chi connectivity index (χ0) is 21.7. The Hall–Kier alpha value is -2.10. The number of halogens is 1. The van der Waals surface area contributed by atoms with E-state index in [0.29, 0.717) is 6.61 Å². The standard InChI is InChI=1S/C25H35N5O.HI/c1-26-25(28-21-23-10-12-24(13-11-23)27-14-20-31-2)30-18-16-29(17-19-30)15-6-9-22-7-4-3-5-8-22;/h3-13,27H,14-21H2,1-2H3,(H,26,28);1H/b9-6+;. The van der Waals surface area contributed by atoms with Crippen LogP contribution in [0.15, 0.2) is 65.7 Å². The summed E-state index contributed by atoms with van der Waals surface area (Å²) in [6.45, 7) is 7.33. The van der Waals surface area contributed by atoms with Gasteiger partial charge in [0.25, 0.3) is 0 Å². The van der Waals surface area contributed by atoms with Gasteiger partial charge in [0.1, 0.15) is 0 Å². The molecule has 174 valence electrons. The molecule has 3 rings (SSSR count). The Kier molecular flexibility index (Phi) is 12.2. The van der Waals surface area contributed by atoms with E-state index in [2.05, 4.69) is 86.1 Å². The molecule has 2 aromatic carbocycles. The van der Waals surface area contributed by atoms with E-state index in [4.69, 9.17) is 4.74 Å². The molecule has 1 fully saturated rings. The Morgan fingerprint density at radius 1 is 1.03 bits per heavy atom. The van der Waals surface area contributed by atoms with Gasteiger partial charge in [-0.1, -0.05) is 54.6 Å². The van der Waals surface area contributed by atoms with Crippen molar-refractivity contribution in [2.75, 3.05) is 65.3 Å². The number of aliphatic imine (C=N–C) groups is 1. The number of benzene rings is 2. The Bertz CT molecular complexity index is 818. The van der Waals surface area contributed by atoms with Gasteiger partial charge < -0.3 is 20.3 Å². The molecule has 1 aliphatic rings. The molecule has 0 atom stereocenters. The molecule has 0 aromatic heterocycles.